The van der Waals surface area contributed by atoms with E-state index < -0.39 is 22.3 Å². The molecule has 1 heterocycles. The third kappa shape index (κ3) is 3.48. The molecule has 0 amide bonds. The van der Waals surface area contributed by atoms with Crippen molar-refractivity contribution in [2.75, 3.05) is 18.0 Å². The Kier molecular flexibility index (Phi) is 4.72. The van der Waals surface area contributed by atoms with Crippen molar-refractivity contribution >= 4 is 17.3 Å². The maximum Gasteiger partial charge on any atom is 0.338 e. The van der Waals surface area contributed by atoms with E-state index in [-0.39, 0.29) is 11.4 Å². The van der Waals surface area contributed by atoms with Crippen molar-refractivity contribution in [3.05, 3.63) is 33.6 Å². The molecule has 1 aromatic carbocycles. The molecule has 21 heavy (non-hydrogen) atoms. The van der Waals surface area contributed by atoms with E-state index in [0.29, 0.717) is 13.1 Å². The first-order valence-corrected chi connectivity index (χ1v) is 6.97. The number of carboxylic acids is 1. The minimum atomic E-state index is -1.50. The Hall–Kier alpha value is -2.18. The average molecular weight is 296 g/mol. The van der Waals surface area contributed by atoms with Gasteiger partial charge in [0.25, 0.3) is 5.69 Å². The van der Waals surface area contributed by atoms with Crippen LogP contribution in [0.2, 0.25) is 0 Å². The summed E-state index contributed by atoms with van der Waals surface area (Å²) in [5.41, 5.74) is -0.851. The quantitative estimate of drug-likeness (QED) is 0.684. The van der Waals surface area contributed by atoms with E-state index in [9.17, 15) is 19.3 Å². The fourth-order valence-corrected chi connectivity index (χ4v) is 2.60. The molecule has 0 radical (unpaired) electrons. The van der Waals surface area contributed by atoms with E-state index in [1.54, 1.807) is 4.90 Å². The molecule has 0 bridgehead atoms. The summed E-state index contributed by atoms with van der Waals surface area (Å²) in [5, 5.41) is 20.0. The molecule has 2 rings (SSSR count). The summed E-state index contributed by atoms with van der Waals surface area (Å²) in [6.07, 6.45) is 5.00. The number of hydrogen-bond donors (Lipinski definition) is 1. The number of nitrogens with zero attached hydrogens (tertiary/aromatic N) is 2. The van der Waals surface area contributed by atoms with Crippen molar-refractivity contribution < 1.29 is 19.2 Å². The lowest BCUT2D eigenvalue weighted by Gasteiger charge is -2.26. The van der Waals surface area contributed by atoms with Gasteiger partial charge in [0.2, 0.25) is 0 Å². The summed E-state index contributed by atoms with van der Waals surface area (Å²) in [4.78, 5) is 23.2. The van der Waals surface area contributed by atoms with Crippen molar-refractivity contribution in [2.45, 2.75) is 32.1 Å². The summed E-state index contributed by atoms with van der Waals surface area (Å²) in [7, 11) is 0. The number of benzene rings is 1. The molecule has 1 aliphatic heterocycles. The van der Waals surface area contributed by atoms with Crippen LogP contribution in [0.5, 0.6) is 0 Å². The van der Waals surface area contributed by atoms with Crippen molar-refractivity contribution in [3.63, 3.8) is 0 Å². The fourth-order valence-electron chi connectivity index (χ4n) is 2.60. The van der Waals surface area contributed by atoms with E-state index in [4.69, 9.17) is 5.11 Å². The highest BCUT2D eigenvalue weighted by molar-refractivity contribution is 5.90. The van der Waals surface area contributed by atoms with Gasteiger partial charge in [0.15, 0.2) is 0 Å². The van der Waals surface area contributed by atoms with E-state index in [0.717, 1.165) is 44.2 Å². The van der Waals surface area contributed by atoms with Gasteiger partial charge in [-0.05, 0) is 12.8 Å². The lowest BCUT2D eigenvalue weighted by Crippen LogP contribution is -2.28. The smallest absolute Gasteiger partial charge is 0.338 e. The van der Waals surface area contributed by atoms with Crippen LogP contribution in [-0.4, -0.2) is 29.1 Å². The van der Waals surface area contributed by atoms with Crippen LogP contribution in [0.3, 0.4) is 0 Å². The zero-order valence-corrected chi connectivity index (χ0v) is 11.5. The Morgan fingerprint density at radius 2 is 1.76 bits per heavy atom. The number of carboxylic acid groups (broad SMARTS) is 1. The lowest BCUT2D eigenvalue weighted by atomic mass is 10.1. The molecule has 1 N–H and O–H groups in total. The Morgan fingerprint density at radius 3 is 2.29 bits per heavy atom. The molecule has 1 fully saturated rings. The van der Waals surface area contributed by atoms with Crippen molar-refractivity contribution in [2.24, 2.45) is 0 Å². The minimum Gasteiger partial charge on any atom is -0.478 e. The minimum absolute atomic E-state index is 0.171. The number of hydrogen-bond acceptors (Lipinski definition) is 4. The van der Waals surface area contributed by atoms with Gasteiger partial charge in [-0.15, -0.1) is 0 Å². The first-order chi connectivity index (χ1) is 10.0. The number of halogens is 1. The fraction of sp³-hybridized carbons (Fsp3) is 0.500. The van der Waals surface area contributed by atoms with Gasteiger partial charge in [-0.3, -0.25) is 10.1 Å². The van der Waals surface area contributed by atoms with Gasteiger partial charge in [0.05, 0.1) is 4.92 Å². The van der Waals surface area contributed by atoms with E-state index in [1.807, 2.05) is 0 Å². The van der Waals surface area contributed by atoms with Gasteiger partial charge in [0, 0.05) is 25.2 Å². The highest BCUT2D eigenvalue weighted by atomic mass is 19.1. The monoisotopic (exact) mass is 296 g/mol. The van der Waals surface area contributed by atoms with Crippen LogP contribution in [0.15, 0.2) is 12.1 Å². The zero-order chi connectivity index (χ0) is 15.4. The molecule has 114 valence electrons. The van der Waals surface area contributed by atoms with Crippen LogP contribution in [0.4, 0.5) is 15.8 Å². The van der Waals surface area contributed by atoms with E-state index in [1.165, 1.54) is 0 Å². The third-order valence-electron chi connectivity index (χ3n) is 3.69. The summed E-state index contributed by atoms with van der Waals surface area (Å²) in [5.74, 6) is -2.44. The van der Waals surface area contributed by atoms with E-state index >= 15 is 0 Å². The maximum absolute atomic E-state index is 13.9. The van der Waals surface area contributed by atoms with E-state index in [2.05, 4.69) is 0 Å². The molecule has 1 aliphatic rings. The Morgan fingerprint density at radius 1 is 1.19 bits per heavy atom. The zero-order valence-electron chi connectivity index (χ0n) is 11.5. The van der Waals surface area contributed by atoms with Gasteiger partial charge in [-0.2, -0.15) is 0 Å². The summed E-state index contributed by atoms with van der Waals surface area (Å²) >= 11 is 0. The van der Waals surface area contributed by atoms with Gasteiger partial charge in [-0.25, -0.2) is 9.18 Å². The number of nitro groups is 1. The Bertz CT molecular complexity index is 554. The van der Waals surface area contributed by atoms with Crippen LogP contribution in [-0.2, 0) is 0 Å². The SMILES string of the molecule is O=C(O)c1cc([N+](=O)[O-])c(N2CCCCCCC2)cc1F. The molecule has 0 aromatic heterocycles. The van der Waals surface area contributed by atoms with Crippen LogP contribution in [0, 0.1) is 15.9 Å². The predicted molar refractivity (Wildman–Crippen MR) is 75.3 cm³/mol. The Balaban J connectivity index is 2.43. The number of aromatic carboxylic acids is 1. The second-order valence-corrected chi connectivity index (χ2v) is 5.14. The van der Waals surface area contributed by atoms with Crippen molar-refractivity contribution in [1.29, 1.82) is 0 Å². The van der Waals surface area contributed by atoms with Crippen molar-refractivity contribution in [1.82, 2.24) is 0 Å². The predicted octanol–water partition coefficient (Wildman–Crippen LogP) is 3.20. The molecular weight excluding hydrogens is 279 g/mol. The standard InChI is InChI=1S/C14H17FN2O4/c15-11-9-12(16-6-4-2-1-3-5-7-16)13(17(20)21)8-10(11)14(18)19/h8-9H,1-7H2,(H,18,19). The molecule has 0 aliphatic carbocycles. The summed E-state index contributed by atoms with van der Waals surface area (Å²) < 4.78 is 13.9. The van der Waals surface area contributed by atoms with Gasteiger partial charge >= 0.3 is 5.97 Å². The largest absolute Gasteiger partial charge is 0.478 e. The molecule has 1 saturated heterocycles. The molecule has 0 unspecified atom stereocenters. The maximum atomic E-state index is 13.9. The molecule has 1 aromatic rings. The van der Waals surface area contributed by atoms with Gasteiger partial charge in [0.1, 0.15) is 17.1 Å². The summed E-state index contributed by atoms with van der Waals surface area (Å²) in [6, 6.07) is 1.79. The second kappa shape index (κ2) is 6.51. The number of rotatable bonds is 3. The first kappa shape index (κ1) is 15.2. The summed E-state index contributed by atoms with van der Waals surface area (Å²) in [6.45, 7) is 1.24. The van der Waals surface area contributed by atoms with Gasteiger partial charge in [-0.1, -0.05) is 19.3 Å². The normalized spacial score (nSPS) is 16.1. The highest BCUT2D eigenvalue weighted by Gasteiger charge is 2.25. The topological polar surface area (TPSA) is 83.7 Å². The first-order valence-electron chi connectivity index (χ1n) is 6.97. The molecule has 0 saturated carbocycles. The van der Waals surface area contributed by atoms with Crippen LogP contribution in [0.1, 0.15) is 42.5 Å². The third-order valence-corrected chi connectivity index (χ3v) is 3.69. The molecule has 6 nitrogen and oxygen atoms in total. The van der Waals surface area contributed by atoms with Gasteiger partial charge < -0.3 is 10.0 Å². The second-order valence-electron chi connectivity index (χ2n) is 5.14. The molecule has 0 atom stereocenters. The molecule has 7 heteroatoms. The lowest BCUT2D eigenvalue weighted by molar-refractivity contribution is -0.384. The average Bonchev–Trinajstić information content (AvgIpc) is 2.37. The highest BCUT2D eigenvalue weighted by Crippen LogP contribution is 2.32. The van der Waals surface area contributed by atoms with Crippen LogP contribution in [0.25, 0.3) is 0 Å². The number of nitro benzene ring substituents is 1. The molecule has 0 spiro atoms. The van der Waals surface area contributed by atoms with Crippen LogP contribution < -0.4 is 4.90 Å². The van der Waals surface area contributed by atoms with Crippen LogP contribution >= 0.6 is 0 Å². The Labute approximate surface area is 121 Å². The number of carbonyl (C=O) groups is 1. The number of anilines is 1. The van der Waals surface area contributed by atoms with Crippen molar-refractivity contribution in [3.8, 4) is 0 Å². The molecular formula is C14H17FN2O4.